The van der Waals surface area contributed by atoms with Gasteiger partial charge in [-0.1, -0.05) is 35.3 Å². The van der Waals surface area contributed by atoms with Gasteiger partial charge in [0.2, 0.25) is 15.9 Å². The number of hydrogen-bond donors (Lipinski definition) is 0. The largest absolute Gasteiger partial charge is 0.341 e. The number of halogens is 2. The Hall–Kier alpha value is -2.11. The van der Waals surface area contributed by atoms with Crippen LogP contribution in [0.1, 0.15) is 24.0 Å². The van der Waals surface area contributed by atoms with Gasteiger partial charge in [0.15, 0.2) is 0 Å². The maximum absolute atomic E-state index is 12.8. The molecule has 0 atom stereocenters. The second kappa shape index (κ2) is 9.36. The molecule has 6 nitrogen and oxygen atoms in total. The molecule has 30 heavy (non-hydrogen) atoms. The van der Waals surface area contributed by atoms with E-state index < -0.39 is 10.0 Å². The van der Waals surface area contributed by atoms with Gasteiger partial charge in [0.25, 0.3) is 0 Å². The van der Waals surface area contributed by atoms with Crippen LogP contribution >= 0.6 is 23.2 Å². The van der Waals surface area contributed by atoms with Gasteiger partial charge in [-0.2, -0.15) is 9.57 Å². The standard InChI is InChI=1S/C21H21Cl2N3O3S/c1-25(14-17-3-2-4-19(22)20(17)23)21(27)16-9-11-26(12-10-16)30(28,29)18-7-5-15(13-24)6-8-18/h2-8,16H,9-12,14H2,1H3. The molecule has 1 heterocycles. The van der Waals surface area contributed by atoms with Crippen molar-refractivity contribution in [1.29, 1.82) is 5.26 Å². The number of amides is 1. The quantitative estimate of drug-likeness (QED) is 0.669. The molecule has 2 aromatic rings. The molecule has 1 saturated heterocycles. The summed E-state index contributed by atoms with van der Waals surface area (Å²) in [7, 11) is -1.94. The van der Waals surface area contributed by atoms with Crippen LogP contribution in [-0.2, 0) is 21.4 Å². The molecular weight excluding hydrogens is 445 g/mol. The summed E-state index contributed by atoms with van der Waals surface area (Å²) in [5, 5.41) is 9.74. The van der Waals surface area contributed by atoms with Crippen LogP contribution in [0.2, 0.25) is 10.0 Å². The summed E-state index contributed by atoms with van der Waals surface area (Å²) < 4.78 is 27.1. The van der Waals surface area contributed by atoms with Gasteiger partial charge < -0.3 is 4.90 Å². The molecule has 0 unspecified atom stereocenters. The summed E-state index contributed by atoms with van der Waals surface area (Å²) in [6, 6.07) is 13.1. The van der Waals surface area contributed by atoms with E-state index in [1.165, 1.54) is 28.6 Å². The zero-order valence-corrected chi connectivity index (χ0v) is 18.7. The summed E-state index contributed by atoms with van der Waals surface area (Å²) in [6.07, 6.45) is 0.893. The molecule has 3 rings (SSSR count). The smallest absolute Gasteiger partial charge is 0.243 e. The fourth-order valence-electron chi connectivity index (χ4n) is 3.51. The Morgan fingerprint density at radius 3 is 2.40 bits per heavy atom. The van der Waals surface area contributed by atoms with E-state index in [9.17, 15) is 13.2 Å². The lowest BCUT2D eigenvalue weighted by Crippen LogP contribution is -2.43. The first-order valence-corrected chi connectivity index (χ1v) is 11.6. The lowest BCUT2D eigenvalue weighted by atomic mass is 9.96. The minimum atomic E-state index is -3.65. The predicted octanol–water partition coefficient (Wildman–Crippen LogP) is 3.92. The fourth-order valence-corrected chi connectivity index (χ4v) is 5.36. The van der Waals surface area contributed by atoms with Crippen LogP contribution in [-0.4, -0.2) is 43.7 Å². The number of carbonyl (C=O) groups is 1. The molecule has 1 aliphatic rings. The van der Waals surface area contributed by atoms with Gasteiger partial charge in [0, 0.05) is 32.6 Å². The number of piperidine rings is 1. The Kier molecular flexibility index (Phi) is 7.04. The highest BCUT2D eigenvalue weighted by Crippen LogP contribution is 2.28. The number of benzene rings is 2. The van der Waals surface area contributed by atoms with E-state index in [0.29, 0.717) is 35.0 Å². The molecule has 9 heteroatoms. The SMILES string of the molecule is CN(Cc1cccc(Cl)c1Cl)C(=O)C1CCN(S(=O)(=O)c2ccc(C#N)cc2)CC1. The summed E-state index contributed by atoms with van der Waals surface area (Å²) in [5.41, 5.74) is 1.17. The Morgan fingerprint density at radius 1 is 1.17 bits per heavy atom. The zero-order chi connectivity index (χ0) is 21.9. The van der Waals surface area contributed by atoms with Gasteiger partial charge in [0.1, 0.15) is 0 Å². The number of rotatable bonds is 5. The van der Waals surface area contributed by atoms with Gasteiger partial charge >= 0.3 is 0 Å². The molecule has 1 fully saturated rings. The molecular formula is C21H21Cl2N3O3S. The molecule has 0 radical (unpaired) electrons. The van der Waals surface area contributed by atoms with Crippen molar-refractivity contribution in [1.82, 2.24) is 9.21 Å². The molecule has 0 aromatic heterocycles. The number of nitriles is 1. The summed E-state index contributed by atoms with van der Waals surface area (Å²) in [5.74, 6) is -0.290. The predicted molar refractivity (Wildman–Crippen MR) is 116 cm³/mol. The summed E-state index contributed by atoms with van der Waals surface area (Å²) in [6.45, 7) is 0.872. The molecule has 2 aromatic carbocycles. The Balaban J connectivity index is 1.62. The molecule has 1 amide bonds. The van der Waals surface area contributed by atoms with Crippen LogP contribution in [0.15, 0.2) is 47.4 Å². The topological polar surface area (TPSA) is 81.5 Å². The molecule has 1 aliphatic heterocycles. The van der Waals surface area contributed by atoms with E-state index in [2.05, 4.69) is 0 Å². The second-order valence-electron chi connectivity index (χ2n) is 7.22. The molecule has 0 aliphatic carbocycles. The summed E-state index contributed by atoms with van der Waals surface area (Å²) >= 11 is 12.3. The van der Waals surface area contributed by atoms with Crippen LogP contribution in [0, 0.1) is 17.2 Å². The molecule has 0 bridgehead atoms. The monoisotopic (exact) mass is 465 g/mol. The maximum atomic E-state index is 12.8. The fraction of sp³-hybridized carbons (Fsp3) is 0.333. The van der Waals surface area contributed by atoms with Gasteiger partial charge in [-0.3, -0.25) is 4.79 Å². The lowest BCUT2D eigenvalue weighted by molar-refractivity contribution is -0.135. The van der Waals surface area contributed by atoms with E-state index >= 15 is 0 Å². The Morgan fingerprint density at radius 2 is 1.80 bits per heavy atom. The number of nitrogens with zero attached hydrogens (tertiary/aromatic N) is 3. The minimum absolute atomic E-state index is 0.0403. The molecule has 0 spiro atoms. The van der Waals surface area contributed by atoms with E-state index in [4.69, 9.17) is 28.5 Å². The first-order valence-electron chi connectivity index (χ1n) is 9.42. The van der Waals surface area contributed by atoms with Crippen LogP contribution in [0.4, 0.5) is 0 Å². The van der Waals surface area contributed by atoms with Crippen molar-refractivity contribution in [2.75, 3.05) is 20.1 Å². The van der Waals surface area contributed by atoms with Crippen molar-refractivity contribution in [3.8, 4) is 6.07 Å². The van der Waals surface area contributed by atoms with Crippen molar-refractivity contribution in [3.63, 3.8) is 0 Å². The zero-order valence-electron chi connectivity index (χ0n) is 16.4. The van der Waals surface area contributed by atoms with Crippen LogP contribution < -0.4 is 0 Å². The van der Waals surface area contributed by atoms with Crippen molar-refractivity contribution in [2.45, 2.75) is 24.3 Å². The minimum Gasteiger partial charge on any atom is -0.341 e. The first-order chi connectivity index (χ1) is 14.2. The Labute approximate surface area is 186 Å². The van der Waals surface area contributed by atoms with E-state index in [1.807, 2.05) is 12.1 Å². The van der Waals surface area contributed by atoms with Gasteiger partial charge in [-0.15, -0.1) is 0 Å². The summed E-state index contributed by atoms with van der Waals surface area (Å²) in [4.78, 5) is 14.6. The van der Waals surface area contributed by atoms with Crippen molar-refractivity contribution in [3.05, 3.63) is 63.6 Å². The Bertz CT molecular complexity index is 1070. The molecule has 0 saturated carbocycles. The molecule has 0 N–H and O–H groups in total. The number of sulfonamides is 1. The van der Waals surface area contributed by atoms with Crippen molar-refractivity contribution < 1.29 is 13.2 Å². The van der Waals surface area contributed by atoms with E-state index in [1.54, 1.807) is 24.1 Å². The molecule has 158 valence electrons. The van der Waals surface area contributed by atoms with Crippen LogP contribution in [0.25, 0.3) is 0 Å². The number of hydrogen-bond acceptors (Lipinski definition) is 4. The second-order valence-corrected chi connectivity index (χ2v) is 9.94. The van der Waals surface area contributed by atoms with Crippen LogP contribution in [0.3, 0.4) is 0 Å². The van der Waals surface area contributed by atoms with Gasteiger partial charge in [-0.05, 0) is 48.7 Å². The highest BCUT2D eigenvalue weighted by molar-refractivity contribution is 7.89. The number of carbonyl (C=O) groups excluding carboxylic acids is 1. The average Bonchev–Trinajstić information content (AvgIpc) is 2.76. The third-order valence-corrected chi connectivity index (χ3v) is 8.01. The third kappa shape index (κ3) is 4.79. The highest BCUT2D eigenvalue weighted by Gasteiger charge is 2.33. The van der Waals surface area contributed by atoms with Gasteiger partial charge in [-0.25, -0.2) is 8.42 Å². The van der Waals surface area contributed by atoms with Crippen molar-refractivity contribution in [2.24, 2.45) is 5.92 Å². The first kappa shape index (κ1) is 22.6. The lowest BCUT2D eigenvalue weighted by Gasteiger charge is -2.32. The average molecular weight is 466 g/mol. The third-order valence-electron chi connectivity index (χ3n) is 5.24. The van der Waals surface area contributed by atoms with E-state index in [-0.39, 0.29) is 29.8 Å². The maximum Gasteiger partial charge on any atom is 0.243 e. The van der Waals surface area contributed by atoms with Crippen molar-refractivity contribution >= 4 is 39.1 Å². The normalized spacial score (nSPS) is 15.5. The van der Waals surface area contributed by atoms with E-state index in [0.717, 1.165) is 5.56 Å². The van der Waals surface area contributed by atoms with Gasteiger partial charge in [0.05, 0.1) is 26.6 Å². The van der Waals surface area contributed by atoms with Crippen LogP contribution in [0.5, 0.6) is 0 Å². The highest BCUT2D eigenvalue weighted by atomic mass is 35.5.